The van der Waals surface area contributed by atoms with E-state index in [4.69, 9.17) is 9.15 Å². The van der Waals surface area contributed by atoms with Crippen molar-refractivity contribution in [1.82, 2.24) is 4.90 Å². The second-order valence-electron chi connectivity index (χ2n) is 7.40. The molecule has 1 aromatic heterocycles. The molecule has 0 aliphatic carbocycles. The first-order valence-corrected chi connectivity index (χ1v) is 10.8. The minimum Gasteiger partial charge on any atom is -0.492 e. The minimum atomic E-state index is -0.0416. The Morgan fingerprint density at radius 3 is 2.26 bits per heavy atom. The van der Waals surface area contributed by atoms with Crippen LogP contribution >= 0.6 is 0 Å². The van der Waals surface area contributed by atoms with Gasteiger partial charge in [0.15, 0.2) is 5.78 Å². The summed E-state index contributed by atoms with van der Waals surface area (Å²) in [5, 5.41) is 0.825. The smallest absolute Gasteiger partial charge is 0.197 e. The Kier molecular flexibility index (Phi) is 6.48. The van der Waals surface area contributed by atoms with Crippen molar-refractivity contribution >= 4 is 16.8 Å². The monoisotopic (exact) mass is 413 g/mol. The van der Waals surface area contributed by atoms with Gasteiger partial charge in [0.1, 0.15) is 23.7 Å². The van der Waals surface area contributed by atoms with Crippen LogP contribution in [0.1, 0.15) is 29.8 Å². The average Bonchev–Trinajstić information content (AvgIpc) is 3.22. The summed E-state index contributed by atoms with van der Waals surface area (Å²) in [4.78, 5) is 15.7. The molecule has 0 amide bonds. The first kappa shape index (κ1) is 20.9. The van der Waals surface area contributed by atoms with Crippen LogP contribution in [0.2, 0.25) is 0 Å². The zero-order chi connectivity index (χ0) is 21.6. The number of hydrogen-bond donors (Lipinski definition) is 0. The Hall–Kier alpha value is -3.37. The zero-order valence-corrected chi connectivity index (χ0v) is 18.0. The van der Waals surface area contributed by atoms with E-state index in [0.29, 0.717) is 29.1 Å². The average molecular weight is 414 g/mol. The van der Waals surface area contributed by atoms with Gasteiger partial charge in [0.05, 0.1) is 5.56 Å². The highest BCUT2D eigenvalue weighted by Gasteiger charge is 2.23. The summed E-state index contributed by atoms with van der Waals surface area (Å²) >= 11 is 0. The fraction of sp³-hybridized carbons (Fsp3) is 0.222. The first-order chi connectivity index (χ1) is 15.2. The molecule has 3 aromatic carbocycles. The number of fused-ring (bicyclic) bond motifs is 1. The van der Waals surface area contributed by atoms with Gasteiger partial charge < -0.3 is 14.1 Å². The highest BCUT2D eigenvalue weighted by Crippen LogP contribution is 2.35. The lowest BCUT2D eigenvalue weighted by Crippen LogP contribution is -2.27. The SMILES string of the molecule is CCN(CC)CCOc1ccc(-c2oc3ccccc3c2C(=O)c2ccccc2)cc1. The molecule has 0 aliphatic rings. The Morgan fingerprint density at radius 1 is 0.871 bits per heavy atom. The molecule has 4 aromatic rings. The van der Waals surface area contributed by atoms with E-state index < -0.39 is 0 Å². The van der Waals surface area contributed by atoms with Gasteiger partial charge in [0.25, 0.3) is 0 Å². The molecule has 0 unspecified atom stereocenters. The van der Waals surface area contributed by atoms with Gasteiger partial charge in [-0.3, -0.25) is 4.79 Å². The van der Waals surface area contributed by atoms with Crippen LogP contribution in [0.3, 0.4) is 0 Å². The normalized spacial score (nSPS) is 11.2. The van der Waals surface area contributed by atoms with E-state index in [9.17, 15) is 4.79 Å². The van der Waals surface area contributed by atoms with Gasteiger partial charge in [-0.2, -0.15) is 0 Å². The van der Waals surface area contributed by atoms with Crippen molar-refractivity contribution < 1.29 is 13.9 Å². The number of ether oxygens (including phenoxy) is 1. The molecule has 0 radical (unpaired) electrons. The molecule has 0 spiro atoms. The summed E-state index contributed by atoms with van der Waals surface area (Å²) in [5.74, 6) is 1.35. The van der Waals surface area contributed by atoms with Gasteiger partial charge in [-0.25, -0.2) is 0 Å². The lowest BCUT2D eigenvalue weighted by atomic mass is 9.97. The van der Waals surface area contributed by atoms with E-state index in [1.807, 2.05) is 78.9 Å². The maximum absolute atomic E-state index is 13.4. The van der Waals surface area contributed by atoms with E-state index in [1.54, 1.807) is 0 Å². The van der Waals surface area contributed by atoms with Crippen molar-refractivity contribution in [2.24, 2.45) is 0 Å². The van der Waals surface area contributed by atoms with Crippen LogP contribution in [-0.4, -0.2) is 36.9 Å². The summed E-state index contributed by atoms with van der Waals surface area (Å²) in [6, 6.07) is 24.8. The molecule has 4 rings (SSSR count). The number of para-hydroxylation sites is 1. The van der Waals surface area contributed by atoms with Gasteiger partial charge in [0, 0.05) is 23.1 Å². The molecule has 4 nitrogen and oxygen atoms in total. The third-order valence-electron chi connectivity index (χ3n) is 5.55. The van der Waals surface area contributed by atoms with Crippen LogP contribution in [-0.2, 0) is 0 Å². The van der Waals surface area contributed by atoms with Crippen molar-refractivity contribution in [3.8, 4) is 17.1 Å². The Labute approximate surface area is 183 Å². The number of benzene rings is 3. The number of ketones is 1. The van der Waals surface area contributed by atoms with Crippen molar-refractivity contribution in [2.75, 3.05) is 26.2 Å². The van der Waals surface area contributed by atoms with Gasteiger partial charge in [0.2, 0.25) is 0 Å². The molecule has 0 bridgehead atoms. The standard InChI is InChI=1S/C27H27NO3/c1-3-28(4-2)18-19-30-22-16-14-21(15-17-22)27-25(23-12-8-9-13-24(23)31-27)26(29)20-10-6-5-7-11-20/h5-17H,3-4,18-19H2,1-2H3. The molecule has 0 saturated heterocycles. The minimum absolute atomic E-state index is 0.0416. The largest absolute Gasteiger partial charge is 0.492 e. The molecule has 31 heavy (non-hydrogen) atoms. The van der Waals surface area contributed by atoms with E-state index in [-0.39, 0.29) is 5.78 Å². The molecule has 0 fully saturated rings. The number of carbonyl (C=O) groups excluding carboxylic acids is 1. The fourth-order valence-corrected chi connectivity index (χ4v) is 3.74. The van der Waals surface area contributed by atoms with Gasteiger partial charge in [-0.05, 0) is 43.4 Å². The lowest BCUT2D eigenvalue weighted by molar-refractivity contribution is 0.104. The first-order valence-electron chi connectivity index (χ1n) is 10.8. The molecule has 158 valence electrons. The number of furan rings is 1. The molecular formula is C27H27NO3. The summed E-state index contributed by atoms with van der Waals surface area (Å²) in [7, 11) is 0. The van der Waals surface area contributed by atoms with Crippen LogP contribution in [0.5, 0.6) is 5.75 Å². The third-order valence-corrected chi connectivity index (χ3v) is 5.55. The Balaban J connectivity index is 1.63. The van der Waals surface area contributed by atoms with Gasteiger partial charge in [-0.15, -0.1) is 0 Å². The molecule has 0 N–H and O–H groups in total. The molecule has 4 heteroatoms. The van der Waals surface area contributed by atoms with Crippen molar-refractivity contribution in [1.29, 1.82) is 0 Å². The summed E-state index contributed by atoms with van der Waals surface area (Å²) < 4.78 is 12.0. The molecule has 1 heterocycles. The maximum Gasteiger partial charge on any atom is 0.197 e. The molecular weight excluding hydrogens is 386 g/mol. The zero-order valence-electron chi connectivity index (χ0n) is 18.0. The van der Waals surface area contributed by atoms with Crippen molar-refractivity contribution in [3.05, 3.63) is 90.0 Å². The molecule has 0 aliphatic heterocycles. The summed E-state index contributed by atoms with van der Waals surface area (Å²) in [5.41, 5.74) is 2.80. The highest BCUT2D eigenvalue weighted by molar-refractivity contribution is 6.19. The van der Waals surface area contributed by atoms with E-state index >= 15 is 0 Å². The molecule has 0 saturated carbocycles. The number of carbonyl (C=O) groups is 1. The second kappa shape index (κ2) is 9.63. The predicted octanol–water partition coefficient (Wildman–Crippen LogP) is 6.05. The van der Waals surface area contributed by atoms with E-state index in [0.717, 1.165) is 36.3 Å². The lowest BCUT2D eigenvalue weighted by Gasteiger charge is -2.18. The van der Waals surface area contributed by atoms with Crippen LogP contribution in [0.25, 0.3) is 22.3 Å². The van der Waals surface area contributed by atoms with Crippen LogP contribution in [0.15, 0.2) is 83.3 Å². The van der Waals surface area contributed by atoms with Crippen molar-refractivity contribution in [3.63, 3.8) is 0 Å². The van der Waals surface area contributed by atoms with Crippen LogP contribution < -0.4 is 4.74 Å². The predicted molar refractivity (Wildman–Crippen MR) is 125 cm³/mol. The van der Waals surface area contributed by atoms with Crippen molar-refractivity contribution in [2.45, 2.75) is 13.8 Å². The van der Waals surface area contributed by atoms with Gasteiger partial charge in [-0.1, -0.05) is 62.4 Å². The number of likely N-dealkylation sites (N-methyl/N-ethyl adjacent to an activating group) is 1. The number of rotatable bonds is 9. The Bertz CT molecular complexity index is 1140. The number of nitrogens with zero attached hydrogens (tertiary/aromatic N) is 1. The summed E-state index contributed by atoms with van der Waals surface area (Å²) in [6.07, 6.45) is 0. The van der Waals surface area contributed by atoms with E-state index in [1.165, 1.54) is 0 Å². The van der Waals surface area contributed by atoms with Gasteiger partial charge >= 0.3 is 0 Å². The van der Waals surface area contributed by atoms with E-state index in [2.05, 4.69) is 18.7 Å². The van der Waals surface area contributed by atoms with Crippen LogP contribution in [0, 0.1) is 0 Å². The maximum atomic E-state index is 13.4. The number of hydrogen-bond acceptors (Lipinski definition) is 4. The highest BCUT2D eigenvalue weighted by atomic mass is 16.5. The van der Waals surface area contributed by atoms with Crippen LogP contribution in [0.4, 0.5) is 0 Å². The topological polar surface area (TPSA) is 42.7 Å². The fourth-order valence-electron chi connectivity index (χ4n) is 3.74. The third kappa shape index (κ3) is 4.54. The Morgan fingerprint density at radius 2 is 1.55 bits per heavy atom. The quantitative estimate of drug-likeness (QED) is 0.313. The summed E-state index contributed by atoms with van der Waals surface area (Å²) in [6.45, 7) is 7.88. The second-order valence-corrected chi connectivity index (χ2v) is 7.40. The molecule has 0 atom stereocenters.